The minimum atomic E-state index is -0.671. The predicted octanol–water partition coefficient (Wildman–Crippen LogP) is 2.09. The smallest absolute Gasteiger partial charge is 0.255 e. The van der Waals surface area contributed by atoms with E-state index in [9.17, 15) is 9.59 Å². The molecule has 1 aliphatic heterocycles. The molecule has 0 saturated carbocycles. The Hall–Kier alpha value is -3.79. The van der Waals surface area contributed by atoms with E-state index >= 15 is 0 Å². The summed E-state index contributed by atoms with van der Waals surface area (Å²) < 4.78 is 7.78. The number of aromatic nitrogens is 4. The largest absolute Gasteiger partial charge is 0.493 e. The highest BCUT2D eigenvalue weighted by Gasteiger charge is 2.20. The summed E-state index contributed by atoms with van der Waals surface area (Å²) in [5.74, 6) is -0.0569. The van der Waals surface area contributed by atoms with E-state index in [-0.39, 0.29) is 11.8 Å². The molecule has 2 bridgehead atoms. The van der Waals surface area contributed by atoms with Crippen LogP contribution in [0.2, 0.25) is 0 Å². The van der Waals surface area contributed by atoms with Crippen LogP contribution in [0, 0.1) is 6.92 Å². The molecule has 36 heavy (non-hydrogen) atoms. The summed E-state index contributed by atoms with van der Waals surface area (Å²) in [5, 5.41) is 14.3. The van der Waals surface area contributed by atoms with E-state index < -0.39 is 6.04 Å². The number of benzene rings is 1. The molecule has 1 aliphatic rings. The van der Waals surface area contributed by atoms with Crippen LogP contribution in [0.1, 0.15) is 46.9 Å². The first kappa shape index (κ1) is 25.3. The molecule has 0 unspecified atom stereocenters. The van der Waals surface area contributed by atoms with Crippen molar-refractivity contribution in [2.45, 2.75) is 52.4 Å². The van der Waals surface area contributed by atoms with Crippen molar-refractivity contribution in [3.05, 3.63) is 71.3 Å². The van der Waals surface area contributed by atoms with Gasteiger partial charge in [-0.3, -0.25) is 24.2 Å². The van der Waals surface area contributed by atoms with Crippen molar-refractivity contribution >= 4 is 11.8 Å². The fourth-order valence-electron chi connectivity index (χ4n) is 4.06. The Kier molecular flexibility index (Phi) is 8.62. The minimum absolute atomic E-state index is 0.223. The van der Waals surface area contributed by atoms with E-state index in [0.717, 1.165) is 36.3 Å². The monoisotopic (exact) mass is 491 g/mol. The van der Waals surface area contributed by atoms with Crippen molar-refractivity contribution in [1.29, 1.82) is 0 Å². The van der Waals surface area contributed by atoms with Crippen LogP contribution in [0.4, 0.5) is 0 Å². The second-order valence-corrected chi connectivity index (χ2v) is 9.08. The second kappa shape index (κ2) is 12.3. The maximum atomic E-state index is 12.9. The molecular weight excluding hydrogens is 458 g/mol. The highest BCUT2D eigenvalue weighted by Crippen LogP contribution is 2.21. The average Bonchev–Trinajstić information content (AvgIpc) is 3.31. The molecule has 4 rings (SSSR count). The molecule has 1 atom stereocenters. The summed E-state index contributed by atoms with van der Waals surface area (Å²) in [6.07, 6.45) is 6.99. The number of nitrogens with zero attached hydrogens (tertiary/aromatic N) is 5. The summed E-state index contributed by atoms with van der Waals surface area (Å²) in [6.45, 7) is 7.34. The minimum Gasteiger partial charge on any atom is -0.493 e. The number of pyridine rings is 1. The molecule has 2 aromatic heterocycles. The predicted molar refractivity (Wildman–Crippen MR) is 134 cm³/mol. The average molecular weight is 492 g/mol. The quantitative estimate of drug-likeness (QED) is 0.564. The number of fused-ring (bicyclic) bond motifs is 3. The molecule has 190 valence electrons. The first-order chi connectivity index (χ1) is 17.5. The topological polar surface area (TPSA) is 114 Å². The van der Waals surface area contributed by atoms with Gasteiger partial charge in [-0.05, 0) is 55.7 Å². The van der Waals surface area contributed by atoms with E-state index in [4.69, 9.17) is 4.74 Å². The number of nitrogens with one attached hydrogen (secondary N) is 2. The molecule has 2 amide bonds. The van der Waals surface area contributed by atoms with Gasteiger partial charge in [0.25, 0.3) is 5.91 Å². The Morgan fingerprint density at radius 3 is 2.78 bits per heavy atom. The van der Waals surface area contributed by atoms with Crippen LogP contribution in [-0.4, -0.2) is 62.4 Å². The molecule has 2 N–H and O–H groups in total. The number of carbonyl (C=O) groups is 2. The lowest BCUT2D eigenvalue weighted by atomic mass is 10.1. The van der Waals surface area contributed by atoms with E-state index in [1.54, 1.807) is 25.4 Å². The van der Waals surface area contributed by atoms with Gasteiger partial charge in [0.15, 0.2) is 0 Å². The van der Waals surface area contributed by atoms with E-state index in [1.165, 1.54) is 0 Å². The van der Waals surface area contributed by atoms with Gasteiger partial charge in [0.2, 0.25) is 5.91 Å². The Balaban J connectivity index is 1.49. The fourth-order valence-corrected chi connectivity index (χ4v) is 4.06. The zero-order chi connectivity index (χ0) is 25.3. The van der Waals surface area contributed by atoms with Crippen LogP contribution in [0.15, 0.2) is 48.9 Å². The van der Waals surface area contributed by atoms with E-state index in [2.05, 4.69) is 30.8 Å². The molecule has 0 spiro atoms. The van der Waals surface area contributed by atoms with E-state index in [0.29, 0.717) is 44.0 Å². The number of amides is 2. The van der Waals surface area contributed by atoms with Crippen LogP contribution in [0.5, 0.6) is 5.75 Å². The maximum Gasteiger partial charge on any atom is 0.255 e. The molecule has 0 aliphatic carbocycles. The summed E-state index contributed by atoms with van der Waals surface area (Å²) in [7, 11) is 0. The normalized spacial score (nSPS) is 18.6. The number of rotatable bonds is 2. The molecule has 3 aromatic rings. The summed E-state index contributed by atoms with van der Waals surface area (Å²) in [6, 6.07) is 8.75. The first-order valence-corrected chi connectivity index (χ1v) is 12.3. The molecule has 10 heteroatoms. The second-order valence-electron chi connectivity index (χ2n) is 9.08. The zero-order valence-corrected chi connectivity index (χ0v) is 20.8. The van der Waals surface area contributed by atoms with Gasteiger partial charge in [-0.15, -0.1) is 5.10 Å². The van der Waals surface area contributed by atoms with Gasteiger partial charge in [-0.25, -0.2) is 0 Å². The van der Waals surface area contributed by atoms with Crippen LogP contribution >= 0.6 is 0 Å². The SMILES string of the molecule is Cc1ccc2c(c1)OCCCn1cc(nn1)CN(Cc1ccncc1)CCCNC(=O)[C@@H](C)NC2=O. The number of hydrogen-bond donors (Lipinski definition) is 2. The molecule has 0 radical (unpaired) electrons. The summed E-state index contributed by atoms with van der Waals surface area (Å²) in [4.78, 5) is 31.9. The summed E-state index contributed by atoms with van der Waals surface area (Å²) in [5.41, 5.74) is 3.44. The zero-order valence-electron chi connectivity index (χ0n) is 20.8. The lowest BCUT2D eigenvalue weighted by Gasteiger charge is -2.21. The number of ether oxygens (including phenoxy) is 1. The van der Waals surface area contributed by atoms with Crippen molar-refractivity contribution in [3.63, 3.8) is 0 Å². The molecule has 0 fully saturated rings. The molecule has 10 nitrogen and oxygen atoms in total. The third-order valence-electron chi connectivity index (χ3n) is 5.99. The Morgan fingerprint density at radius 2 is 1.94 bits per heavy atom. The van der Waals surface area contributed by atoms with Gasteiger partial charge in [-0.2, -0.15) is 0 Å². The third-order valence-corrected chi connectivity index (χ3v) is 5.99. The Labute approximate surface area is 211 Å². The standard InChI is InChI=1S/C26H33N7O3/c1-19-5-6-23-24(15-19)36-14-4-13-33-18-22(30-31-33)17-32(16-21-7-10-27-11-8-21)12-3-9-28-25(34)20(2)29-26(23)35/h5-8,10-11,15,18,20H,3-4,9,12-14,16-17H2,1-2H3,(H,28,34)(H,29,35)/t20-/m1/s1. The number of aryl methyl sites for hydroxylation is 2. The van der Waals surface area contributed by atoms with Crippen LogP contribution in [-0.2, 0) is 24.4 Å². The van der Waals surface area contributed by atoms with Gasteiger partial charge in [-0.1, -0.05) is 11.3 Å². The third kappa shape index (κ3) is 7.11. The van der Waals surface area contributed by atoms with Crippen molar-refractivity contribution < 1.29 is 14.3 Å². The highest BCUT2D eigenvalue weighted by molar-refractivity contribution is 5.99. The van der Waals surface area contributed by atoms with Crippen LogP contribution in [0.3, 0.4) is 0 Å². The van der Waals surface area contributed by atoms with E-state index in [1.807, 2.05) is 42.1 Å². The first-order valence-electron chi connectivity index (χ1n) is 12.3. The van der Waals surface area contributed by atoms with Gasteiger partial charge < -0.3 is 15.4 Å². The lowest BCUT2D eigenvalue weighted by molar-refractivity contribution is -0.122. The van der Waals surface area contributed by atoms with Crippen molar-refractivity contribution in [2.24, 2.45) is 0 Å². The summed E-state index contributed by atoms with van der Waals surface area (Å²) >= 11 is 0. The molecule has 0 saturated heterocycles. The van der Waals surface area contributed by atoms with Crippen molar-refractivity contribution in [2.75, 3.05) is 19.7 Å². The Bertz CT molecular complexity index is 1170. The number of hydrogen-bond acceptors (Lipinski definition) is 7. The van der Waals surface area contributed by atoms with Crippen molar-refractivity contribution in [3.8, 4) is 5.75 Å². The van der Waals surface area contributed by atoms with Gasteiger partial charge in [0.1, 0.15) is 11.8 Å². The molecule has 3 heterocycles. The maximum absolute atomic E-state index is 12.9. The number of carbonyl (C=O) groups excluding carboxylic acids is 2. The fraction of sp³-hybridized carbons (Fsp3) is 0.423. The van der Waals surface area contributed by atoms with Gasteiger partial charge >= 0.3 is 0 Å². The molecule has 1 aromatic carbocycles. The molecular formula is C26H33N7O3. The lowest BCUT2D eigenvalue weighted by Crippen LogP contribution is -2.45. The highest BCUT2D eigenvalue weighted by atomic mass is 16.5. The van der Waals surface area contributed by atoms with Gasteiger partial charge in [0.05, 0.1) is 17.9 Å². The van der Waals surface area contributed by atoms with Crippen LogP contribution < -0.4 is 15.4 Å². The van der Waals surface area contributed by atoms with Crippen LogP contribution in [0.25, 0.3) is 0 Å². The van der Waals surface area contributed by atoms with Crippen molar-refractivity contribution in [1.82, 2.24) is 35.5 Å². The van der Waals surface area contributed by atoms with Gasteiger partial charge in [0, 0.05) is 57.7 Å². The Morgan fingerprint density at radius 1 is 1.11 bits per heavy atom.